The molecule has 0 radical (unpaired) electrons. The minimum atomic E-state index is -2.85. The molecule has 0 aromatic rings. The van der Waals surface area contributed by atoms with Gasteiger partial charge in [-0.2, -0.15) is 5.26 Å². The zero-order valence-electron chi connectivity index (χ0n) is 8.18. The third kappa shape index (κ3) is 2.94. The van der Waals surface area contributed by atoms with E-state index in [0.717, 1.165) is 0 Å². The Balaban J connectivity index is 2.48. The van der Waals surface area contributed by atoms with E-state index in [1.54, 1.807) is 0 Å². The smallest absolute Gasteiger partial charge is 0.151 e. The van der Waals surface area contributed by atoms with Crippen molar-refractivity contribution in [1.82, 2.24) is 4.90 Å². The van der Waals surface area contributed by atoms with Crippen molar-refractivity contribution in [2.75, 3.05) is 25.1 Å². The summed E-state index contributed by atoms with van der Waals surface area (Å²) in [5.41, 5.74) is 5.46. The van der Waals surface area contributed by atoms with Crippen LogP contribution in [0.4, 0.5) is 0 Å². The van der Waals surface area contributed by atoms with Crippen LogP contribution in [0.1, 0.15) is 6.42 Å². The van der Waals surface area contributed by atoms with Crippen LogP contribution in [0, 0.1) is 11.3 Å². The van der Waals surface area contributed by atoms with E-state index in [2.05, 4.69) is 0 Å². The van der Waals surface area contributed by atoms with Crippen molar-refractivity contribution in [1.29, 1.82) is 5.26 Å². The second-order valence-electron chi connectivity index (χ2n) is 3.73. The van der Waals surface area contributed by atoms with Crippen molar-refractivity contribution in [3.8, 4) is 6.07 Å². The first-order chi connectivity index (χ1) is 6.44. The van der Waals surface area contributed by atoms with Crippen LogP contribution in [0.15, 0.2) is 0 Å². The largest absolute Gasteiger partial charge is 0.315 e. The molecule has 0 spiro atoms. The number of nitrogens with two attached hydrogens (primary N) is 1. The Hall–Kier alpha value is -0.640. The van der Waals surface area contributed by atoms with E-state index in [9.17, 15) is 8.42 Å². The van der Waals surface area contributed by atoms with Crippen molar-refractivity contribution in [3.63, 3.8) is 0 Å². The fourth-order valence-corrected chi connectivity index (χ4v) is 3.43. The van der Waals surface area contributed by atoms with Gasteiger partial charge < -0.3 is 5.73 Å². The van der Waals surface area contributed by atoms with Gasteiger partial charge in [-0.3, -0.25) is 4.90 Å². The van der Waals surface area contributed by atoms with E-state index in [4.69, 9.17) is 11.0 Å². The first kappa shape index (κ1) is 11.4. The van der Waals surface area contributed by atoms with E-state index in [1.807, 2.05) is 18.0 Å². The van der Waals surface area contributed by atoms with Gasteiger partial charge >= 0.3 is 0 Å². The molecule has 0 saturated carbocycles. The summed E-state index contributed by atoms with van der Waals surface area (Å²) in [6, 6.07) is 1.42. The van der Waals surface area contributed by atoms with Crippen molar-refractivity contribution in [2.45, 2.75) is 18.5 Å². The highest BCUT2D eigenvalue weighted by molar-refractivity contribution is 7.91. The van der Waals surface area contributed by atoms with Crippen molar-refractivity contribution in [3.05, 3.63) is 0 Å². The van der Waals surface area contributed by atoms with Gasteiger partial charge in [0, 0.05) is 12.6 Å². The maximum Gasteiger partial charge on any atom is 0.151 e. The van der Waals surface area contributed by atoms with Gasteiger partial charge in [-0.1, -0.05) is 0 Å². The highest BCUT2D eigenvalue weighted by Crippen LogP contribution is 2.16. The number of likely N-dealkylation sites (N-methyl/N-ethyl adjacent to an activating group) is 1. The summed E-state index contributed by atoms with van der Waals surface area (Å²) in [5.74, 6) is 0.450. The number of nitrogens with zero attached hydrogens (tertiary/aromatic N) is 2. The van der Waals surface area contributed by atoms with Gasteiger partial charge in [0.15, 0.2) is 9.84 Å². The van der Waals surface area contributed by atoms with Crippen LogP contribution in [0.2, 0.25) is 0 Å². The van der Waals surface area contributed by atoms with Crippen molar-refractivity contribution in [2.24, 2.45) is 5.73 Å². The van der Waals surface area contributed by atoms with Gasteiger partial charge in [-0.25, -0.2) is 8.42 Å². The molecule has 1 heterocycles. The summed E-state index contributed by atoms with van der Waals surface area (Å²) in [6.07, 6.45) is 0.650. The van der Waals surface area contributed by atoms with Gasteiger partial charge in [0.05, 0.1) is 17.6 Å². The Labute approximate surface area is 84.4 Å². The molecule has 2 unspecified atom stereocenters. The minimum Gasteiger partial charge on any atom is -0.315 e. The lowest BCUT2D eigenvalue weighted by Gasteiger charge is -2.23. The van der Waals surface area contributed by atoms with E-state index in [1.165, 1.54) is 0 Å². The molecule has 1 aliphatic rings. The van der Waals surface area contributed by atoms with Gasteiger partial charge in [0.2, 0.25) is 0 Å². The molecule has 2 N–H and O–H groups in total. The number of hydrogen-bond acceptors (Lipinski definition) is 5. The van der Waals surface area contributed by atoms with Crippen LogP contribution >= 0.6 is 0 Å². The average Bonchev–Trinajstić information content (AvgIpc) is 2.46. The van der Waals surface area contributed by atoms with Gasteiger partial charge in [0.1, 0.15) is 6.04 Å². The van der Waals surface area contributed by atoms with Gasteiger partial charge in [0.25, 0.3) is 0 Å². The fraction of sp³-hybridized carbons (Fsp3) is 0.875. The van der Waals surface area contributed by atoms with E-state index in [-0.39, 0.29) is 17.5 Å². The third-order valence-electron chi connectivity index (χ3n) is 2.48. The molecule has 1 saturated heterocycles. The zero-order valence-corrected chi connectivity index (χ0v) is 9.00. The molecule has 0 aromatic heterocycles. The summed E-state index contributed by atoms with van der Waals surface area (Å²) in [4.78, 5) is 1.86. The van der Waals surface area contributed by atoms with Gasteiger partial charge in [-0.05, 0) is 13.5 Å². The van der Waals surface area contributed by atoms with E-state index < -0.39 is 15.9 Å². The SMILES string of the molecule is CN(CC(N)C#N)C1CCS(=O)(=O)C1. The van der Waals surface area contributed by atoms with E-state index >= 15 is 0 Å². The molecule has 0 bridgehead atoms. The highest BCUT2D eigenvalue weighted by atomic mass is 32.2. The Bertz CT molecular complexity index is 333. The topological polar surface area (TPSA) is 87.2 Å². The predicted octanol–water partition coefficient (Wildman–Crippen LogP) is -1.04. The Kier molecular flexibility index (Phi) is 3.48. The van der Waals surface area contributed by atoms with Gasteiger partial charge in [-0.15, -0.1) is 0 Å². The van der Waals surface area contributed by atoms with E-state index in [0.29, 0.717) is 13.0 Å². The molecule has 6 heteroatoms. The first-order valence-corrected chi connectivity index (χ1v) is 6.32. The maximum absolute atomic E-state index is 11.2. The standard InChI is InChI=1S/C8H15N3O2S/c1-11(5-7(10)4-9)8-2-3-14(12,13)6-8/h7-8H,2-3,5-6,10H2,1H3. The zero-order chi connectivity index (χ0) is 10.8. The van der Waals surface area contributed by atoms with Crippen LogP contribution in [0.5, 0.6) is 0 Å². The minimum absolute atomic E-state index is 0.0272. The molecular formula is C8H15N3O2S. The Morgan fingerprint density at radius 3 is 2.79 bits per heavy atom. The lowest BCUT2D eigenvalue weighted by molar-refractivity contribution is 0.258. The van der Waals surface area contributed by atoms with Crippen LogP contribution in [-0.2, 0) is 9.84 Å². The summed E-state index contributed by atoms with van der Waals surface area (Å²) < 4.78 is 22.4. The quantitative estimate of drug-likeness (QED) is 0.652. The number of sulfone groups is 1. The lowest BCUT2D eigenvalue weighted by atomic mass is 10.2. The molecule has 2 atom stereocenters. The molecule has 0 aliphatic carbocycles. The van der Waals surface area contributed by atoms with Crippen molar-refractivity contribution < 1.29 is 8.42 Å². The van der Waals surface area contributed by atoms with Crippen LogP contribution in [0.3, 0.4) is 0 Å². The molecule has 1 rings (SSSR count). The molecule has 0 aromatic carbocycles. The summed E-state index contributed by atoms with van der Waals surface area (Å²) >= 11 is 0. The summed E-state index contributed by atoms with van der Waals surface area (Å²) in [6.45, 7) is 0.427. The number of hydrogen-bond donors (Lipinski definition) is 1. The van der Waals surface area contributed by atoms with Crippen LogP contribution in [0.25, 0.3) is 0 Å². The highest BCUT2D eigenvalue weighted by Gasteiger charge is 2.30. The fourth-order valence-electron chi connectivity index (χ4n) is 1.62. The maximum atomic E-state index is 11.2. The second-order valence-corrected chi connectivity index (χ2v) is 5.96. The average molecular weight is 217 g/mol. The molecule has 0 amide bonds. The van der Waals surface area contributed by atoms with Crippen LogP contribution in [-0.4, -0.2) is 50.5 Å². The monoisotopic (exact) mass is 217 g/mol. The molecule has 80 valence electrons. The van der Waals surface area contributed by atoms with Crippen molar-refractivity contribution >= 4 is 9.84 Å². The molecule has 5 nitrogen and oxygen atoms in total. The third-order valence-corrected chi connectivity index (χ3v) is 4.23. The number of rotatable bonds is 3. The molecule has 1 fully saturated rings. The first-order valence-electron chi connectivity index (χ1n) is 4.50. The summed E-state index contributed by atoms with van der Waals surface area (Å²) in [5, 5.41) is 8.51. The Morgan fingerprint density at radius 2 is 2.36 bits per heavy atom. The summed E-state index contributed by atoms with van der Waals surface area (Å²) in [7, 11) is -1.04. The van der Waals surface area contributed by atoms with Crippen LogP contribution < -0.4 is 5.73 Å². The second kappa shape index (κ2) is 4.26. The Morgan fingerprint density at radius 1 is 1.71 bits per heavy atom. The number of nitriles is 1. The molecule has 14 heavy (non-hydrogen) atoms. The predicted molar refractivity (Wildman–Crippen MR) is 53.3 cm³/mol. The molecule has 1 aliphatic heterocycles. The normalized spacial score (nSPS) is 27.4. The molecular weight excluding hydrogens is 202 g/mol. The lowest BCUT2D eigenvalue weighted by Crippen LogP contribution is -2.40.